The minimum atomic E-state index is -3.50. The summed E-state index contributed by atoms with van der Waals surface area (Å²) in [5.74, 6) is -1.13. The van der Waals surface area contributed by atoms with Crippen molar-refractivity contribution in [2.24, 2.45) is 0 Å². The fraction of sp³-hybridized carbons (Fsp3) is 0.267. The summed E-state index contributed by atoms with van der Waals surface area (Å²) in [6, 6.07) is 4.78. The number of carboxylic acid groups (broad SMARTS) is 1. The molecule has 0 amide bonds. The van der Waals surface area contributed by atoms with Crippen LogP contribution in [0.1, 0.15) is 27.0 Å². The van der Waals surface area contributed by atoms with E-state index in [0.717, 1.165) is 5.56 Å². The van der Waals surface area contributed by atoms with Gasteiger partial charge in [-0.05, 0) is 59.9 Å². The summed E-state index contributed by atoms with van der Waals surface area (Å²) >= 11 is 1.52. The summed E-state index contributed by atoms with van der Waals surface area (Å²) in [6.07, 6.45) is 0.432. The first-order valence-corrected chi connectivity index (χ1v) is 8.99. The van der Waals surface area contributed by atoms with Crippen molar-refractivity contribution in [1.29, 1.82) is 0 Å². The van der Waals surface area contributed by atoms with Crippen molar-refractivity contribution in [1.82, 2.24) is 0 Å². The number of sulfone groups is 1. The van der Waals surface area contributed by atoms with Crippen LogP contribution < -0.4 is 0 Å². The van der Waals surface area contributed by atoms with E-state index in [0.29, 0.717) is 17.5 Å². The van der Waals surface area contributed by atoms with Gasteiger partial charge >= 0.3 is 5.97 Å². The molecule has 0 spiro atoms. The van der Waals surface area contributed by atoms with Crippen LogP contribution in [-0.2, 0) is 16.3 Å². The second kappa shape index (κ2) is 5.99. The first-order chi connectivity index (χ1) is 9.81. The standard InChI is InChI=1S/C15H16O4S2/c1-10-7-11(2)14(8-13(10)15(16)17)21(18,19)6-4-12-3-5-20-9-12/h3,5,7-9H,4,6H2,1-2H3,(H,16,17). The molecule has 4 nitrogen and oxygen atoms in total. The smallest absolute Gasteiger partial charge is 0.335 e. The van der Waals surface area contributed by atoms with Gasteiger partial charge in [-0.2, -0.15) is 11.3 Å². The molecule has 0 aliphatic rings. The second-order valence-electron chi connectivity index (χ2n) is 4.94. The lowest BCUT2D eigenvalue weighted by Crippen LogP contribution is -2.12. The molecule has 0 atom stereocenters. The average Bonchev–Trinajstić information content (AvgIpc) is 2.88. The van der Waals surface area contributed by atoms with Gasteiger partial charge in [0.25, 0.3) is 0 Å². The summed E-state index contributed by atoms with van der Waals surface area (Å²) in [6.45, 7) is 3.36. The quantitative estimate of drug-likeness (QED) is 0.917. The molecule has 112 valence electrons. The number of hydrogen-bond donors (Lipinski definition) is 1. The summed E-state index contributed by atoms with van der Waals surface area (Å²) in [4.78, 5) is 11.3. The molecule has 0 aliphatic carbocycles. The fourth-order valence-electron chi connectivity index (χ4n) is 2.19. The molecule has 0 aliphatic heterocycles. The van der Waals surface area contributed by atoms with Crippen molar-refractivity contribution in [3.8, 4) is 0 Å². The molecule has 1 aromatic heterocycles. The van der Waals surface area contributed by atoms with Gasteiger partial charge in [0.1, 0.15) is 0 Å². The first kappa shape index (κ1) is 15.7. The Balaban J connectivity index is 2.35. The highest BCUT2D eigenvalue weighted by atomic mass is 32.2. The molecule has 2 aromatic rings. The lowest BCUT2D eigenvalue weighted by Gasteiger charge is -2.10. The van der Waals surface area contributed by atoms with Crippen molar-refractivity contribution >= 4 is 27.1 Å². The zero-order valence-electron chi connectivity index (χ0n) is 11.8. The van der Waals surface area contributed by atoms with Gasteiger partial charge < -0.3 is 5.11 Å². The van der Waals surface area contributed by atoms with E-state index in [9.17, 15) is 13.2 Å². The van der Waals surface area contributed by atoms with Crippen LogP contribution in [-0.4, -0.2) is 25.2 Å². The molecule has 2 rings (SSSR count). The third-order valence-electron chi connectivity index (χ3n) is 3.33. The number of thiophene rings is 1. The summed E-state index contributed by atoms with van der Waals surface area (Å²) in [5.41, 5.74) is 2.17. The highest BCUT2D eigenvalue weighted by Gasteiger charge is 2.20. The van der Waals surface area contributed by atoms with E-state index in [2.05, 4.69) is 0 Å². The van der Waals surface area contributed by atoms with Crippen molar-refractivity contribution in [2.45, 2.75) is 25.2 Å². The van der Waals surface area contributed by atoms with Crippen molar-refractivity contribution in [3.05, 3.63) is 51.2 Å². The second-order valence-corrected chi connectivity index (χ2v) is 7.80. The largest absolute Gasteiger partial charge is 0.478 e. The van der Waals surface area contributed by atoms with Crippen LogP contribution in [0.4, 0.5) is 0 Å². The summed E-state index contributed by atoms with van der Waals surface area (Å²) < 4.78 is 24.9. The Hall–Kier alpha value is -1.66. The molecule has 21 heavy (non-hydrogen) atoms. The molecule has 1 heterocycles. The molecular weight excluding hydrogens is 308 g/mol. The average molecular weight is 324 g/mol. The highest BCUT2D eigenvalue weighted by molar-refractivity contribution is 7.91. The predicted molar refractivity (Wildman–Crippen MR) is 83.0 cm³/mol. The number of aryl methyl sites for hydroxylation is 3. The number of benzene rings is 1. The van der Waals surface area contributed by atoms with Crippen molar-refractivity contribution < 1.29 is 18.3 Å². The minimum absolute atomic E-state index is 0.0211. The van der Waals surface area contributed by atoms with Gasteiger partial charge in [-0.1, -0.05) is 6.07 Å². The maximum absolute atomic E-state index is 12.4. The van der Waals surface area contributed by atoms with E-state index in [1.165, 1.54) is 17.4 Å². The molecule has 6 heteroatoms. The zero-order chi connectivity index (χ0) is 15.6. The van der Waals surface area contributed by atoms with Gasteiger partial charge in [0.2, 0.25) is 0 Å². The van der Waals surface area contributed by atoms with E-state index in [4.69, 9.17) is 5.11 Å². The van der Waals surface area contributed by atoms with Crippen molar-refractivity contribution in [2.75, 3.05) is 5.75 Å². The normalized spacial score (nSPS) is 11.5. The topological polar surface area (TPSA) is 71.4 Å². The van der Waals surface area contributed by atoms with Gasteiger partial charge in [-0.3, -0.25) is 0 Å². The maximum atomic E-state index is 12.4. The lowest BCUT2D eigenvalue weighted by atomic mass is 10.1. The maximum Gasteiger partial charge on any atom is 0.335 e. The van der Waals surface area contributed by atoms with Crippen LogP contribution in [0.25, 0.3) is 0 Å². The van der Waals surface area contributed by atoms with Crippen LogP contribution in [0.5, 0.6) is 0 Å². The third kappa shape index (κ3) is 3.51. The predicted octanol–water partition coefficient (Wildman–Crippen LogP) is 3.08. The van der Waals surface area contributed by atoms with Crippen LogP contribution >= 0.6 is 11.3 Å². The molecule has 0 bridgehead atoms. The summed E-state index contributed by atoms with van der Waals surface area (Å²) in [7, 11) is -3.50. The van der Waals surface area contributed by atoms with Crippen LogP contribution in [0, 0.1) is 13.8 Å². The fourth-order valence-corrected chi connectivity index (χ4v) is 4.47. The Labute approximate surface area is 128 Å². The Morgan fingerprint density at radius 1 is 1.24 bits per heavy atom. The van der Waals surface area contributed by atoms with Crippen LogP contribution in [0.2, 0.25) is 0 Å². The zero-order valence-corrected chi connectivity index (χ0v) is 13.4. The van der Waals surface area contributed by atoms with Gasteiger partial charge in [0.15, 0.2) is 9.84 Å². The summed E-state index contributed by atoms with van der Waals surface area (Å²) in [5, 5.41) is 13.0. The van der Waals surface area contributed by atoms with Gasteiger partial charge in [-0.25, -0.2) is 13.2 Å². The van der Waals surface area contributed by atoms with Gasteiger partial charge in [-0.15, -0.1) is 0 Å². The Morgan fingerprint density at radius 2 is 1.95 bits per heavy atom. The van der Waals surface area contributed by atoms with E-state index in [1.54, 1.807) is 19.9 Å². The first-order valence-electron chi connectivity index (χ1n) is 6.39. The molecule has 0 unspecified atom stereocenters. The van der Waals surface area contributed by atoms with E-state index in [-0.39, 0.29) is 16.2 Å². The molecular formula is C15H16O4S2. The van der Waals surface area contributed by atoms with E-state index in [1.807, 2.05) is 16.8 Å². The Morgan fingerprint density at radius 3 is 2.52 bits per heavy atom. The minimum Gasteiger partial charge on any atom is -0.478 e. The number of rotatable bonds is 5. The number of carbonyl (C=O) groups is 1. The monoisotopic (exact) mass is 324 g/mol. The molecule has 1 aromatic carbocycles. The van der Waals surface area contributed by atoms with Gasteiger partial charge in [0, 0.05) is 0 Å². The Kier molecular flexibility index (Phi) is 4.49. The SMILES string of the molecule is Cc1cc(C)c(S(=O)(=O)CCc2ccsc2)cc1C(=O)O. The van der Waals surface area contributed by atoms with Crippen LogP contribution in [0.15, 0.2) is 33.9 Å². The van der Waals surface area contributed by atoms with Gasteiger partial charge in [0.05, 0.1) is 16.2 Å². The van der Waals surface area contributed by atoms with E-state index < -0.39 is 15.8 Å². The molecule has 1 N–H and O–H groups in total. The Bertz CT molecular complexity index is 759. The number of aromatic carboxylic acids is 1. The van der Waals surface area contributed by atoms with Crippen molar-refractivity contribution in [3.63, 3.8) is 0 Å². The van der Waals surface area contributed by atoms with E-state index >= 15 is 0 Å². The highest BCUT2D eigenvalue weighted by Crippen LogP contribution is 2.22. The molecule has 0 saturated heterocycles. The third-order valence-corrected chi connectivity index (χ3v) is 5.91. The van der Waals surface area contributed by atoms with Crippen LogP contribution in [0.3, 0.4) is 0 Å². The molecule has 0 radical (unpaired) electrons. The molecule has 0 saturated carbocycles. The number of carboxylic acids is 1. The lowest BCUT2D eigenvalue weighted by molar-refractivity contribution is 0.0696. The number of hydrogen-bond acceptors (Lipinski definition) is 4. The molecule has 0 fully saturated rings.